The Kier molecular flexibility index (Phi) is 4.14. The standard InChI is InChI=1S/C12H22N2O3/c1-8(15)14-6-5-9(7-10(14)13)11(16)17-12(2,3)4/h9-10H,5-7,13H2,1-4H3. The fourth-order valence-corrected chi connectivity index (χ4v) is 1.99. The lowest BCUT2D eigenvalue weighted by Gasteiger charge is -2.36. The van der Waals surface area contributed by atoms with Crippen LogP contribution in [0.5, 0.6) is 0 Å². The van der Waals surface area contributed by atoms with Crippen LogP contribution < -0.4 is 5.73 Å². The van der Waals surface area contributed by atoms with Crippen molar-refractivity contribution in [1.82, 2.24) is 4.90 Å². The zero-order chi connectivity index (χ0) is 13.2. The molecule has 0 bridgehead atoms. The maximum Gasteiger partial charge on any atom is 0.309 e. The summed E-state index contributed by atoms with van der Waals surface area (Å²) in [4.78, 5) is 24.7. The van der Waals surface area contributed by atoms with Gasteiger partial charge in [-0.25, -0.2) is 0 Å². The molecule has 0 aromatic heterocycles. The van der Waals surface area contributed by atoms with E-state index in [0.717, 1.165) is 0 Å². The SMILES string of the molecule is CC(=O)N1CCC(C(=O)OC(C)(C)C)CC1N. The number of piperidine rings is 1. The van der Waals surface area contributed by atoms with Crippen LogP contribution in [0, 0.1) is 5.92 Å². The predicted octanol–water partition coefficient (Wildman–Crippen LogP) is 0.871. The van der Waals surface area contributed by atoms with Crippen molar-refractivity contribution in [2.45, 2.75) is 52.3 Å². The number of carbonyl (C=O) groups excluding carboxylic acids is 2. The van der Waals surface area contributed by atoms with Gasteiger partial charge in [0.2, 0.25) is 5.91 Å². The summed E-state index contributed by atoms with van der Waals surface area (Å²) in [6, 6.07) is 0. The quantitative estimate of drug-likeness (QED) is 0.692. The molecule has 1 fully saturated rings. The van der Waals surface area contributed by atoms with Crippen LogP contribution in [0.1, 0.15) is 40.5 Å². The van der Waals surface area contributed by atoms with E-state index in [1.54, 1.807) is 4.90 Å². The highest BCUT2D eigenvalue weighted by Gasteiger charge is 2.33. The number of rotatable bonds is 1. The average molecular weight is 242 g/mol. The second-order valence-corrected chi connectivity index (χ2v) is 5.53. The molecule has 0 aromatic rings. The van der Waals surface area contributed by atoms with Gasteiger partial charge in [0.15, 0.2) is 0 Å². The van der Waals surface area contributed by atoms with Crippen LogP contribution in [0.2, 0.25) is 0 Å². The smallest absolute Gasteiger partial charge is 0.309 e. The minimum Gasteiger partial charge on any atom is -0.460 e. The van der Waals surface area contributed by atoms with E-state index in [1.165, 1.54) is 6.92 Å². The monoisotopic (exact) mass is 242 g/mol. The Labute approximate surface area is 102 Å². The Balaban J connectivity index is 2.55. The molecule has 0 aromatic carbocycles. The number of nitrogens with two attached hydrogens (primary N) is 1. The summed E-state index contributed by atoms with van der Waals surface area (Å²) >= 11 is 0. The van der Waals surface area contributed by atoms with Crippen LogP contribution in [0.15, 0.2) is 0 Å². The van der Waals surface area contributed by atoms with E-state index in [0.29, 0.717) is 19.4 Å². The molecule has 0 radical (unpaired) electrons. The lowest BCUT2D eigenvalue weighted by molar-refractivity contribution is -0.163. The van der Waals surface area contributed by atoms with Crippen LogP contribution in [0.3, 0.4) is 0 Å². The van der Waals surface area contributed by atoms with Crippen molar-refractivity contribution in [3.63, 3.8) is 0 Å². The number of ether oxygens (including phenoxy) is 1. The highest BCUT2D eigenvalue weighted by atomic mass is 16.6. The highest BCUT2D eigenvalue weighted by molar-refractivity contribution is 5.76. The van der Waals surface area contributed by atoms with E-state index in [-0.39, 0.29) is 24.0 Å². The highest BCUT2D eigenvalue weighted by Crippen LogP contribution is 2.23. The number of carbonyl (C=O) groups is 2. The van der Waals surface area contributed by atoms with Gasteiger partial charge >= 0.3 is 5.97 Å². The van der Waals surface area contributed by atoms with Crippen LogP contribution in [0.25, 0.3) is 0 Å². The van der Waals surface area contributed by atoms with Gasteiger partial charge in [0.05, 0.1) is 12.1 Å². The molecule has 2 atom stereocenters. The first-order valence-electron chi connectivity index (χ1n) is 5.96. The Morgan fingerprint density at radius 1 is 1.35 bits per heavy atom. The van der Waals surface area contributed by atoms with Gasteiger partial charge in [-0.3, -0.25) is 9.59 Å². The molecule has 2 N–H and O–H groups in total. The van der Waals surface area contributed by atoms with Gasteiger partial charge in [-0.1, -0.05) is 0 Å². The number of likely N-dealkylation sites (tertiary alicyclic amines) is 1. The molecule has 2 unspecified atom stereocenters. The van der Waals surface area contributed by atoms with E-state index in [9.17, 15) is 9.59 Å². The second kappa shape index (κ2) is 5.04. The summed E-state index contributed by atoms with van der Waals surface area (Å²) in [6.45, 7) is 7.55. The molecule has 0 saturated carbocycles. The van der Waals surface area contributed by atoms with Gasteiger partial charge in [0.1, 0.15) is 5.60 Å². The molecule has 98 valence electrons. The molecule has 1 heterocycles. The Morgan fingerprint density at radius 2 is 1.94 bits per heavy atom. The molecular weight excluding hydrogens is 220 g/mol. The zero-order valence-electron chi connectivity index (χ0n) is 11.0. The van der Waals surface area contributed by atoms with Crippen LogP contribution in [-0.4, -0.2) is 35.1 Å². The molecule has 1 aliphatic heterocycles. The van der Waals surface area contributed by atoms with Crippen molar-refractivity contribution in [3.8, 4) is 0 Å². The first-order chi connectivity index (χ1) is 7.70. The number of hydrogen-bond donors (Lipinski definition) is 1. The number of esters is 1. The fraction of sp³-hybridized carbons (Fsp3) is 0.833. The fourth-order valence-electron chi connectivity index (χ4n) is 1.99. The summed E-state index contributed by atoms with van der Waals surface area (Å²) < 4.78 is 5.32. The molecular formula is C12H22N2O3. The van der Waals surface area contributed by atoms with Crippen molar-refractivity contribution in [2.75, 3.05) is 6.54 Å². The maximum absolute atomic E-state index is 11.9. The van der Waals surface area contributed by atoms with Crippen molar-refractivity contribution in [3.05, 3.63) is 0 Å². The van der Waals surface area contributed by atoms with Crippen LogP contribution in [0.4, 0.5) is 0 Å². The van der Waals surface area contributed by atoms with Gasteiger partial charge in [0, 0.05) is 13.5 Å². The minimum atomic E-state index is -0.473. The van der Waals surface area contributed by atoms with Crippen molar-refractivity contribution >= 4 is 11.9 Å². The summed E-state index contributed by atoms with van der Waals surface area (Å²) in [5.41, 5.74) is 5.40. The summed E-state index contributed by atoms with van der Waals surface area (Å²) in [7, 11) is 0. The average Bonchev–Trinajstić information content (AvgIpc) is 2.14. The number of nitrogens with zero attached hydrogens (tertiary/aromatic N) is 1. The lowest BCUT2D eigenvalue weighted by atomic mass is 9.94. The molecule has 1 aliphatic rings. The Morgan fingerprint density at radius 3 is 2.35 bits per heavy atom. The topological polar surface area (TPSA) is 72.6 Å². The van der Waals surface area contributed by atoms with Crippen molar-refractivity contribution in [2.24, 2.45) is 11.7 Å². The zero-order valence-corrected chi connectivity index (χ0v) is 11.0. The number of amides is 1. The van der Waals surface area contributed by atoms with Gasteiger partial charge in [0.25, 0.3) is 0 Å². The molecule has 1 amide bonds. The molecule has 0 aliphatic carbocycles. The molecule has 17 heavy (non-hydrogen) atoms. The lowest BCUT2D eigenvalue weighted by Crippen LogP contribution is -2.51. The molecule has 1 saturated heterocycles. The first kappa shape index (κ1) is 14.0. The predicted molar refractivity (Wildman–Crippen MR) is 63.9 cm³/mol. The second-order valence-electron chi connectivity index (χ2n) is 5.53. The van der Waals surface area contributed by atoms with Gasteiger partial charge in [-0.2, -0.15) is 0 Å². The maximum atomic E-state index is 11.9. The number of hydrogen-bond acceptors (Lipinski definition) is 4. The third-order valence-corrected chi connectivity index (χ3v) is 2.79. The van der Waals surface area contributed by atoms with E-state index < -0.39 is 5.60 Å². The van der Waals surface area contributed by atoms with Crippen molar-refractivity contribution in [1.29, 1.82) is 0 Å². The van der Waals surface area contributed by atoms with E-state index in [4.69, 9.17) is 10.5 Å². The largest absolute Gasteiger partial charge is 0.460 e. The van der Waals surface area contributed by atoms with Crippen molar-refractivity contribution < 1.29 is 14.3 Å². The summed E-state index contributed by atoms with van der Waals surface area (Å²) in [5, 5.41) is 0. The normalized spacial score (nSPS) is 25.6. The van der Waals surface area contributed by atoms with Gasteiger partial charge < -0.3 is 15.4 Å². The van der Waals surface area contributed by atoms with E-state index >= 15 is 0 Å². The van der Waals surface area contributed by atoms with E-state index in [2.05, 4.69) is 0 Å². The van der Waals surface area contributed by atoms with E-state index in [1.807, 2.05) is 20.8 Å². The Bertz CT molecular complexity index is 309. The summed E-state index contributed by atoms with van der Waals surface area (Å²) in [5.74, 6) is -0.448. The van der Waals surface area contributed by atoms with Crippen LogP contribution in [-0.2, 0) is 14.3 Å². The molecule has 5 nitrogen and oxygen atoms in total. The molecule has 5 heteroatoms. The van der Waals surface area contributed by atoms with Crippen LogP contribution >= 0.6 is 0 Å². The minimum absolute atomic E-state index is 0.0415. The van der Waals surface area contributed by atoms with Gasteiger partial charge in [-0.15, -0.1) is 0 Å². The summed E-state index contributed by atoms with van der Waals surface area (Å²) in [6.07, 6.45) is 0.732. The molecule has 0 spiro atoms. The van der Waals surface area contributed by atoms with Gasteiger partial charge in [-0.05, 0) is 33.6 Å². The Hall–Kier alpha value is -1.10. The third-order valence-electron chi connectivity index (χ3n) is 2.79. The first-order valence-corrected chi connectivity index (χ1v) is 5.96. The third kappa shape index (κ3) is 4.00. The molecule has 1 rings (SSSR count).